The summed E-state index contributed by atoms with van der Waals surface area (Å²) in [6, 6.07) is 26.4. The van der Waals surface area contributed by atoms with Crippen molar-refractivity contribution in [2.75, 3.05) is 10.6 Å². The molecular formula is C25H22N4O3. The van der Waals surface area contributed by atoms with E-state index in [1.54, 1.807) is 41.2 Å². The van der Waals surface area contributed by atoms with E-state index in [0.717, 1.165) is 11.1 Å². The molecule has 0 atom stereocenters. The maximum absolute atomic E-state index is 12.4. The van der Waals surface area contributed by atoms with Crippen LogP contribution in [-0.2, 0) is 11.5 Å². The van der Waals surface area contributed by atoms with E-state index in [1.807, 2.05) is 42.5 Å². The van der Waals surface area contributed by atoms with Crippen LogP contribution in [0.4, 0.5) is 11.4 Å². The van der Waals surface area contributed by atoms with Crippen LogP contribution < -0.4 is 15.4 Å². The molecule has 0 fully saturated rings. The molecule has 1 aromatic heterocycles. The van der Waals surface area contributed by atoms with Crippen molar-refractivity contribution in [3.05, 3.63) is 96.8 Å². The van der Waals surface area contributed by atoms with Gasteiger partial charge < -0.3 is 15.4 Å². The molecule has 0 saturated heterocycles. The predicted molar refractivity (Wildman–Crippen MR) is 123 cm³/mol. The fraction of sp³-hybridized carbons (Fsp3) is 0.0800. The molecule has 0 spiro atoms. The number of amides is 2. The van der Waals surface area contributed by atoms with Crippen LogP contribution in [0.1, 0.15) is 17.4 Å². The smallest absolute Gasteiger partial charge is 0.276 e. The van der Waals surface area contributed by atoms with E-state index in [9.17, 15) is 9.59 Å². The number of hydrogen-bond acceptors (Lipinski definition) is 4. The second-order valence-corrected chi connectivity index (χ2v) is 7.12. The Bertz CT molecular complexity index is 1200. The van der Waals surface area contributed by atoms with Gasteiger partial charge in [-0.05, 0) is 53.6 Å². The van der Waals surface area contributed by atoms with E-state index in [2.05, 4.69) is 27.9 Å². The summed E-state index contributed by atoms with van der Waals surface area (Å²) in [4.78, 5) is 23.5. The van der Waals surface area contributed by atoms with Crippen LogP contribution >= 0.6 is 0 Å². The molecule has 0 bridgehead atoms. The lowest BCUT2D eigenvalue weighted by atomic mass is 10.1. The molecule has 4 rings (SSSR count). The summed E-state index contributed by atoms with van der Waals surface area (Å²) in [7, 11) is 0. The quantitative estimate of drug-likeness (QED) is 0.445. The third-order valence-corrected chi connectivity index (χ3v) is 4.66. The van der Waals surface area contributed by atoms with Crippen LogP contribution in [0.25, 0.3) is 11.1 Å². The molecular weight excluding hydrogens is 404 g/mol. The van der Waals surface area contributed by atoms with Crippen molar-refractivity contribution in [2.45, 2.75) is 13.7 Å². The van der Waals surface area contributed by atoms with Crippen molar-refractivity contribution in [3.8, 4) is 16.9 Å². The van der Waals surface area contributed by atoms with Gasteiger partial charge in [-0.1, -0.05) is 42.5 Å². The van der Waals surface area contributed by atoms with Crippen molar-refractivity contribution < 1.29 is 14.3 Å². The highest BCUT2D eigenvalue weighted by Gasteiger charge is 2.10. The number of carbonyl (C=O) groups is 2. The third-order valence-electron chi connectivity index (χ3n) is 4.66. The van der Waals surface area contributed by atoms with E-state index >= 15 is 0 Å². The summed E-state index contributed by atoms with van der Waals surface area (Å²) in [6.45, 7) is 1.62. The maximum atomic E-state index is 12.4. The van der Waals surface area contributed by atoms with Gasteiger partial charge in [0.1, 0.15) is 5.75 Å². The molecule has 0 aliphatic rings. The number of aromatic nitrogens is 2. The Morgan fingerprint density at radius 3 is 2.09 bits per heavy atom. The standard InChI is InChI=1S/C25H22N4O3/c1-18(30)26-21-9-11-22(12-10-21)27-25(31)24-15-16-29(28-24)17-32-23-13-7-20(8-14-23)19-5-3-2-4-6-19/h2-16H,17H2,1H3,(H,26,30)(H,27,31). The largest absolute Gasteiger partial charge is 0.471 e. The van der Waals surface area contributed by atoms with E-state index in [0.29, 0.717) is 17.1 Å². The molecule has 160 valence electrons. The Morgan fingerprint density at radius 1 is 0.812 bits per heavy atom. The highest BCUT2D eigenvalue weighted by Crippen LogP contribution is 2.22. The monoisotopic (exact) mass is 426 g/mol. The Labute approximate surface area is 185 Å². The van der Waals surface area contributed by atoms with Gasteiger partial charge in [-0.3, -0.25) is 9.59 Å². The molecule has 2 amide bonds. The van der Waals surface area contributed by atoms with Crippen LogP contribution in [-0.4, -0.2) is 21.6 Å². The van der Waals surface area contributed by atoms with E-state index in [-0.39, 0.29) is 24.2 Å². The highest BCUT2D eigenvalue weighted by molar-refractivity contribution is 6.03. The average Bonchev–Trinajstić information content (AvgIpc) is 3.29. The number of nitrogens with one attached hydrogen (secondary N) is 2. The van der Waals surface area contributed by atoms with Crippen LogP contribution in [0.5, 0.6) is 5.75 Å². The van der Waals surface area contributed by atoms with Crippen LogP contribution in [0.2, 0.25) is 0 Å². The molecule has 0 saturated carbocycles. The Kier molecular flexibility index (Phi) is 6.27. The second kappa shape index (κ2) is 9.61. The number of carbonyl (C=O) groups excluding carboxylic acids is 2. The number of rotatable bonds is 7. The third kappa shape index (κ3) is 5.40. The van der Waals surface area contributed by atoms with Crippen LogP contribution in [0.3, 0.4) is 0 Å². The van der Waals surface area contributed by atoms with E-state index in [1.165, 1.54) is 6.92 Å². The van der Waals surface area contributed by atoms with Crippen molar-refractivity contribution in [3.63, 3.8) is 0 Å². The van der Waals surface area contributed by atoms with Gasteiger partial charge in [0.2, 0.25) is 5.91 Å². The summed E-state index contributed by atoms with van der Waals surface area (Å²) < 4.78 is 7.33. The average molecular weight is 426 g/mol. The SMILES string of the molecule is CC(=O)Nc1ccc(NC(=O)c2ccn(COc3ccc(-c4ccccc4)cc3)n2)cc1. The molecule has 4 aromatic rings. The normalized spacial score (nSPS) is 10.4. The van der Waals surface area contributed by atoms with E-state index < -0.39 is 0 Å². The van der Waals surface area contributed by atoms with Gasteiger partial charge in [-0.15, -0.1) is 0 Å². The molecule has 7 nitrogen and oxygen atoms in total. The van der Waals surface area contributed by atoms with Crippen molar-refractivity contribution >= 4 is 23.2 Å². The summed E-state index contributed by atoms with van der Waals surface area (Å²) in [6.07, 6.45) is 1.69. The lowest BCUT2D eigenvalue weighted by molar-refractivity contribution is -0.114. The molecule has 0 aliphatic heterocycles. The van der Waals surface area contributed by atoms with Gasteiger partial charge in [0.05, 0.1) is 0 Å². The first kappa shape index (κ1) is 20.9. The van der Waals surface area contributed by atoms with Gasteiger partial charge >= 0.3 is 0 Å². The number of anilines is 2. The van der Waals surface area contributed by atoms with Gasteiger partial charge in [-0.25, -0.2) is 4.68 Å². The fourth-order valence-electron chi connectivity index (χ4n) is 3.10. The zero-order chi connectivity index (χ0) is 22.3. The van der Waals surface area contributed by atoms with Crippen molar-refractivity contribution in [2.24, 2.45) is 0 Å². The molecule has 0 aliphatic carbocycles. The number of ether oxygens (including phenoxy) is 1. The lowest BCUT2D eigenvalue weighted by Gasteiger charge is -2.08. The molecule has 32 heavy (non-hydrogen) atoms. The predicted octanol–water partition coefficient (Wildman–Crippen LogP) is 4.80. The topological polar surface area (TPSA) is 85.2 Å². The minimum Gasteiger partial charge on any atom is -0.471 e. The summed E-state index contributed by atoms with van der Waals surface area (Å²) in [5.74, 6) is 0.232. The summed E-state index contributed by atoms with van der Waals surface area (Å²) >= 11 is 0. The zero-order valence-corrected chi connectivity index (χ0v) is 17.5. The minimum absolute atomic E-state index is 0.151. The number of hydrogen-bond donors (Lipinski definition) is 2. The van der Waals surface area contributed by atoms with E-state index in [4.69, 9.17) is 4.74 Å². The minimum atomic E-state index is -0.330. The first-order chi connectivity index (χ1) is 15.6. The molecule has 1 heterocycles. The molecule has 3 aromatic carbocycles. The molecule has 2 N–H and O–H groups in total. The molecule has 0 unspecified atom stereocenters. The van der Waals surface area contributed by atoms with Crippen molar-refractivity contribution in [1.29, 1.82) is 0 Å². The number of benzene rings is 3. The summed E-state index contributed by atoms with van der Waals surface area (Å²) in [5, 5.41) is 9.72. The lowest BCUT2D eigenvalue weighted by Crippen LogP contribution is -2.14. The first-order valence-corrected chi connectivity index (χ1v) is 10.1. The molecule has 0 radical (unpaired) electrons. The fourth-order valence-corrected chi connectivity index (χ4v) is 3.10. The Morgan fingerprint density at radius 2 is 1.44 bits per heavy atom. The Balaban J connectivity index is 1.31. The first-order valence-electron chi connectivity index (χ1n) is 10.1. The summed E-state index contributed by atoms with van der Waals surface area (Å²) in [5.41, 5.74) is 3.80. The maximum Gasteiger partial charge on any atom is 0.276 e. The highest BCUT2D eigenvalue weighted by atomic mass is 16.5. The van der Waals surface area contributed by atoms with Gasteiger partial charge in [0.25, 0.3) is 5.91 Å². The van der Waals surface area contributed by atoms with Gasteiger partial charge in [0.15, 0.2) is 12.4 Å². The Hall–Kier alpha value is -4.39. The number of nitrogens with zero attached hydrogens (tertiary/aromatic N) is 2. The van der Waals surface area contributed by atoms with Crippen LogP contribution in [0, 0.1) is 0 Å². The van der Waals surface area contributed by atoms with Crippen molar-refractivity contribution in [1.82, 2.24) is 9.78 Å². The second-order valence-electron chi connectivity index (χ2n) is 7.12. The zero-order valence-electron chi connectivity index (χ0n) is 17.5. The molecule has 7 heteroatoms. The van der Waals surface area contributed by atoms with Gasteiger partial charge in [-0.2, -0.15) is 5.10 Å². The van der Waals surface area contributed by atoms with Crippen LogP contribution in [0.15, 0.2) is 91.1 Å². The van der Waals surface area contributed by atoms with Gasteiger partial charge in [0, 0.05) is 24.5 Å².